The number of carbonyl (C=O) groups is 2. The van der Waals surface area contributed by atoms with Crippen LogP contribution in [0.3, 0.4) is 0 Å². The van der Waals surface area contributed by atoms with E-state index in [1.807, 2.05) is 25.3 Å². The van der Waals surface area contributed by atoms with Crippen LogP contribution in [0.25, 0.3) is 22.4 Å². The summed E-state index contributed by atoms with van der Waals surface area (Å²) >= 11 is 0. The van der Waals surface area contributed by atoms with E-state index in [1.54, 1.807) is 30.3 Å². The first-order chi connectivity index (χ1) is 13.8. The Bertz CT molecular complexity index is 1070. The standard InChI is InChI=1S/C22H25FN4O2/c1-5-13(3)24-22(29)15-11-18(25-14(4)28)20-19(12-15)26-21(27(20)6-2)16-9-7-8-10-17(16)23/h7-13H,5-6H2,1-4H3,(H,24,29)(H,25,28). The van der Waals surface area contributed by atoms with E-state index in [0.717, 1.165) is 6.42 Å². The Balaban J connectivity index is 2.23. The number of aromatic nitrogens is 2. The minimum Gasteiger partial charge on any atom is -0.350 e. The predicted molar refractivity (Wildman–Crippen MR) is 112 cm³/mol. The van der Waals surface area contributed by atoms with Crippen molar-refractivity contribution < 1.29 is 14.0 Å². The molecule has 1 aromatic heterocycles. The van der Waals surface area contributed by atoms with Gasteiger partial charge in [-0.05, 0) is 44.5 Å². The van der Waals surface area contributed by atoms with Crippen molar-refractivity contribution in [1.29, 1.82) is 0 Å². The topological polar surface area (TPSA) is 76.0 Å². The number of nitrogens with zero attached hydrogens (tertiary/aromatic N) is 2. The van der Waals surface area contributed by atoms with E-state index in [2.05, 4.69) is 15.6 Å². The fourth-order valence-corrected chi connectivity index (χ4v) is 3.25. The fraction of sp³-hybridized carbons (Fsp3) is 0.318. The van der Waals surface area contributed by atoms with E-state index in [0.29, 0.717) is 40.2 Å². The number of anilines is 1. The molecule has 152 valence electrons. The Labute approximate surface area is 169 Å². The molecule has 2 N–H and O–H groups in total. The van der Waals surface area contributed by atoms with E-state index in [-0.39, 0.29) is 23.7 Å². The Kier molecular flexibility index (Phi) is 5.96. The van der Waals surface area contributed by atoms with Gasteiger partial charge < -0.3 is 15.2 Å². The number of halogens is 1. The maximum Gasteiger partial charge on any atom is 0.251 e. The van der Waals surface area contributed by atoms with Crippen LogP contribution >= 0.6 is 0 Å². The van der Waals surface area contributed by atoms with Crippen molar-refractivity contribution in [1.82, 2.24) is 14.9 Å². The molecule has 0 aliphatic rings. The fourth-order valence-electron chi connectivity index (χ4n) is 3.25. The van der Waals surface area contributed by atoms with E-state index in [4.69, 9.17) is 0 Å². The van der Waals surface area contributed by atoms with Gasteiger partial charge in [0.15, 0.2) is 0 Å². The van der Waals surface area contributed by atoms with E-state index in [1.165, 1.54) is 13.0 Å². The molecule has 2 aromatic carbocycles. The molecule has 1 atom stereocenters. The number of aryl methyl sites for hydroxylation is 1. The number of nitrogens with one attached hydrogen (secondary N) is 2. The van der Waals surface area contributed by atoms with Crippen molar-refractivity contribution in [2.45, 2.75) is 46.7 Å². The van der Waals surface area contributed by atoms with Gasteiger partial charge in [-0.3, -0.25) is 9.59 Å². The summed E-state index contributed by atoms with van der Waals surface area (Å²) < 4.78 is 16.3. The third kappa shape index (κ3) is 4.13. The van der Waals surface area contributed by atoms with Crippen LogP contribution in [-0.2, 0) is 11.3 Å². The van der Waals surface area contributed by atoms with Crippen molar-refractivity contribution >= 4 is 28.5 Å². The molecule has 0 saturated heterocycles. The van der Waals surface area contributed by atoms with Gasteiger partial charge in [0.2, 0.25) is 5.91 Å². The molecule has 2 amide bonds. The Morgan fingerprint density at radius 2 is 1.93 bits per heavy atom. The molecular weight excluding hydrogens is 371 g/mol. The highest BCUT2D eigenvalue weighted by molar-refractivity contribution is 6.05. The third-order valence-electron chi connectivity index (χ3n) is 4.84. The first-order valence-corrected chi connectivity index (χ1v) is 9.73. The lowest BCUT2D eigenvalue weighted by atomic mass is 10.1. The Morgan fingerprint density at radius 1 is 1.21 bits per heavy atom. The van der Waals surface area contributed by atoms with Gasteiger partial charge in [-0.2, -0.15) is 0 Å². The molecule has 29 heavy (non-hydrogen) atoms. The van der Waals surface area contributed by atoms with Gasteiger partial charge >= 0.3 is 0 Å². The van der Waals surface area contributed by atoms with E-state index < -0.39 is 0 Å². The van der Waals surface area contributed by atoms with Gasteiger partial charge in [-0.15, -0.1) is 0 Å². The first kappa shape index (κ1) is 20.5. The molecule has 1 heterocycles. The maximum atomic E-state index is 14.4. The van der Waals surface area contributed by atoms with Crippen molar-refractivity contribution in [3.05, 3.63) is 47.8 Å². The van der Waals surface area contributed by atoms with Crippen LogP contribution in [0.2, 0.25) is 0 Å². The number of carbonyl (C=O) groups excluding carboxylic acids is 2. The summed E-state index contributed by atoms with van der Waals surface area (Å²) in [5, 5.41) is 5.71. The van der Waals surface area contributed by atoms with Crippen LogP contribution in [0.4, 0.5) is 10.1 Å². The number of benzene rings is 2. The lowest BCUT2D eigenvalue weighted by Crippen LogP contribution is -2.32. The minimum absolute atomic E-state index is 0.0181. The molecule has 0 bridgehead atoms. The average Bonchev–Trinajstić information content (AvgIpc) is 3.06. The van der Waals surface area contributed by atoms with Gasteiger partial charge in [0.1, 0.15) is 11.6 Å². The normalized spacial score (nSPS) is 12.0. The molecule has 0 saturated carbocycles. The summed E-state index contributed by atoms with van der Waals surface area (Å²) in [5.74, 6) is -0.437. The summed E-state index contributed by atoms with van der Waals surface area (Å²) in [7, 11) is 0. The monoisotopic (exact) mass is 396 g/mol. The summed E-state index contributed by atoms with van der Waals surface area (Å²) in [6.45, 7) is 7.76. The van der Waals surface area contributed by atoms with Crippen LogP contribution in [-0.4, -0.2) is 27.4 Å². The van der Waals surface area contributed by atoms with Gasteiger partial charge in [0, 0.05) is 25.1 Å². The average molecular weight is 396 g/mol. The number of fused-ring (bicyclic) bond motifs is 1. The molecule has 0 fully saturated rings. The van der Waals surface area contributed by atoms with Crippen molar-refractivity contribution in [3.8, 4) is 11.4 Å². The van der Waals surface area contributed by atoms with Crippen LogP contribution in [0.5, 0.6) is 0 Å². The largest absolute Gasteiger partial charge is 0.350 e. The highest BCUT2D eigenvalue weighted by Crippen LogP contribution is 2.32. The first-order valence-electron chi connectivity index (χ1n) is 9.73. The van der Waals surface area contributed by atoms with E-state index >= 15 is 0 Å². The van der Waals surface area contributed by atoms with Crippen LogP contribution < -0.4 is 10.6 Å². The van der Waals surface area contributed by atoms with Crippen molar-refractivity contribution in [2.24, 2.45) is 0 Å². The zero-order chi connectivity index (χ0) is 21.1. The molecule has 0 aliphatic heterocycles. The second-order valence-corrected chi connectivity index (χ2v) is 7.01. The molecule has 0 aliphatic carbocycles. The SMILES string of the molecule is CCC(C)NC(=O)c1cc(NC(C)=O)c2c(c1)nc(-c1ccccc1F)n2CC. The van der Waals surface area contributed by atoms with Gasteiger partial charge in [-0.1, -0.05) is 19.1 Å². The quantitative estimate of drug-likeness (QED) is 0.650. The Morgan fingerprint density at radius 3 is 2.55 bits per heavy atom. The molecule has 3 aromatic rings. The van der Waals surface area contributed by atoms with Crippen molar-refractivity contribution in [3.63, 3.8) is 0 Å². The Hall–Kier alpha value is -3.22. The molecule has 0 spiro atoms. The lowest BCUT2D eigenvalue weighted by molar-refractivity contribution is -0.114. The van der Waals surface area contributed by atoms with Crippen LogP contribution in [0, 0.1) is 5.82 Å². The van der Waals surface area contributed by atoms with E-state index in [9.17, 15) is 14.0 Å². The number of hydrogen-bond donors (Lipinski definition) is 2. The highest BCUT2D eigenvalue weighted by atomic mass is 19.1. The number of rotatable bonds is 6. The summed E-state index contributed by atoms with van der Waals surface area (Å²) in [6, 6.07) is 9.75. The lowest BCUT2D eigenvalue weighted by Gasteiger charge is -2.14. The van der Waals surface area contributed by atoms with Crippen molar-refractivity contribution in [2.75, 3.05) is 5.32 Å². The number of amides is 2. The molecule has 6 nitrogen and oxygen atoms in total. The second-order valence-electron chi connectivity index (χ2n) is 7.01. The predicted octanol–water partition coefficient (Wildman–Crippen LogP) is 4.35. The summed E-state index contributed by atoms with van der Waals surface area (Å²) in [5.41, 5.74) is 2.40. The molecule has 1 unspecified atom stereocenters. The molecular formula is C22H25FN4O2. The van der Waals surface area contributed by atoms with Gasteiger partial charge in [0.25, 0.3) is 5.91 Å². The highest BCUT2D eigenvalue weighted by Gasteiger charge is 2.20. The second kappa shape index (κ2) is 8.43. The van der Waals surface area contributed by atoms with Crippen LogP contribution in [0.15, 0.2) is 36.4 Å². The zero-order valence-electron chi connectivity index (χ0n) is 17.0. The summed E-state index contributed by atoms with van der Waals surface area (Å²) in [6.07, 6.45) is 0.800. The number of hydrogen-bond acceptors (Lipinski definition) is 3. The van der Waals surface area contributed by atoms with Gasteiger partial charge in [-0.25, -0.2) is 9.37 Å². The molecule has 3 rings (SSSR count). The molecule has 7 heteroatoms. The maximum absolute atomic E-state index is 14.4. The summed E-state index contributed by atoms with van der Waals surface area (Å²) in [4.78, 5) is 29.1. The smallest absolute Gasteiger partial charge is 0.251 e. The molecule has 0 radical (unpaired) electrons. The van der Waals surface area contributed by atoms with Crippen LogP contribution in [0.1, 0.15) is 44.5 Å². The van der Waals surface area contributed by atoms with Gasteiger partial charge in [0.05, 0.1) is 22.3 Å². The zero-order valence-corrected chi connectivity index (χ0v) is 17.0. The minimum atomic E-state index is -0.381. The number of imidazole rings is 1. The third-order valence-corrected chi connectivity index (χ3v) is 4.84.